The lowest BCUT2D eigenvalue weighted by atomic mass is 10.1. The van der Waals surface area contributed by atoms with Crippen molar-refractivity contribution < 1.29 is 4.79 Å². The van der Waals surface area contributed by atoms with E-state index in [1.54, 1.807) is 6.07 Å². The van der Waals surface area contributed by atoms with Crippen LogP contribution in [0.5, 0.6) is 0 Å². The van der Waals surface area contributed by atoms with Crippen LogP contribution in [-0.4, -0.2) is 21.5 Å². The summed E-state index contributed by atoms with van der Waals surface area (Å²) in [7, 11) is 0. The van der Waals surface area contributed by atoms with Crippen LogP contribution in [0.15, 0.2) is 42.5 Å². The number of rotatable bonds is 6. The molecule has 1 aliphatic carbocycles. The largest absolute Gasteiger partial charge is 0.352 e. The van der Waals surface area contributed by atoms with Crippen LogP contribution in [0.3, 0.4) is 0 Å². The third-order valence-electron chi connectivity index (χ3n) is 4.93. The molecule has 27 heavy (non-hydrogen) atoms. The number of carbonyl (C=O) groups excluding carboxylic acids is 1. The fourth-order valence-corrected chi connectivity index (χ4v) is 3.72. The Morgan fingerprint density at radius 3 is 2.59 bits per heavy atom. The van der Waals surface area contributed by atoms with Crippen LogP contribution in [0.1, 0.15) is 43.6 Å². The van der Waals surface area contributed by atoms with E-state index in [-0.39, 0.29) is 11.9 Å². The molecule has 6 heteroatoms. The van der Waals surface area contributed by atoms with E-state index >= 15 is 0 Å². The van der Waals surface area contributed by atoms with Gasteiger partial charge in [0.1, 0.15) is 11.9 Å². The van der Waals surface area contributed by atoms with Crippen LogP contribution in [0.25, 0.3) is 11.0 Å². The van der Waals surface area contributed by atoms with Gasteiger partial charge in [0.25, 0.3) is 0 Å². The van der Waals surface area contributed by atoms with Gasteiger partial charge in [0, 0.05) is 12.5 Å². The Labute approximate surface area is 168 Å². The van der Waals surface area contributed by atoms with Crippen LogP contribution < -0.4 is 5.32 Å². The predicted octanol–water partition coefficient (Wildman–Crippen LogP) is 5.16. The van der Waals surface area contributed by atoms with Crippen LogP contribution in [-0.2, 0) is 11.2 Å². The summed E-state index contributed by atoms with van der Waals surface area (Å²) in [4.78, 5) is 17.7. The molecule has 0 bridgehead atoms. The number of hydrogen-bond donors (Lipinski definition) is 1. The first kappa shape index (κ1) is 18.3. The number of imidazole rings is 1. The molecule has 1 aliphatic rings. The number of benzene rings is 2. The lowest BCUT2D eigenvalue weighted by Crippen LogP contribution is -2.34. The van der Waals surface area contributed by atoms with E-state index in [0.717, 1.165) is 35.3 Å². The number of carbonyl (C=O) groups is 1. The fourth-order valence-electron chi connectivity index (χ4n) is 3.40. The molecule has 1 heterocycles. The third kappa shape index (κ3) is 3.83. The highest BCUT2D eigenvalue weighted by Gasteiger charge is 2.30. The number of nitrogens with one attached hydrogen (secondary N) is 1. The minimum Gasteiger partial charge on any atom is -0.352 e. The Morgan fingerprint density at radius 2 is 1.93 bits per heavy atom. The molecule has 2 aromatic carbocycles. The predicted molar refractivity (Wildman–Crippen MR) is 109 cm³/mol. The van der Waals surface area contributed by atoms with Crippen molar-refractivity contribution in [2.24, 2.45) is 0 Å². The molecule has 3 aromatic rings. The molecular weight excluding hydrogens is 381 g/mol. The zero-order chi connectivity index (χ0) is 19.0. The van der Waals surface area contributed by atoms with Gasteiger partial charge in [-0.25, -0.2) is 4.98 Å². The molecule has 1 fully saturated rings. The van der Waals surface area contributed by atoms with E-state index in [0.29, 0.717) is 28.9 Å². The van der Waals surface area contributed by atoms with Gasteiger partial charge in [-0.2, -0.15) is 0 Å². The SMILES string of the molecule is CC[C@H](C(=O)NC1CC1)n1c(Cc2ccccc2)nc2cc(Cl)c(Cl)cc21. The first-order valence-electron chi connectivity index (χ1n) is 9.27. The summed E-state index contributed by atoms with van der Waals surface area (Å²) in [6.07, 6.45) is 3.43. The van der Waals surface area contributed by atoms with Gasteiger partial charge >= 0.3 is 0 Å². The maximum atomic E-state index is 12.9. The maximum Gasteiger partial charge on any atom is 0.243 e. The molecule has 4 nitrogen and oxygen atoms in total. The van der Waals surface area contributed by atoms with E-state index in [2.05, 4.69) is 17.4 Å². The average molecular weight is 402 g/mol. The molecule has 1 amide bonds. The normalized spacial score (nSPS) is 15.1. The quantitative estimate of drug-likeness (QED) is 0.619. The van der Waals surface area contributed by atoms with E-state index in [4.69, 9.17) is 28.2 Å². The van der Waals surface area contributed by atoms with Crippen LogP contribution in [0.4, 0.5) is 0 Å². The summed E-state index contributed by atoms with van der Waals surface area (Å²) in [6.45, 7) is 2.02. The topological polar surface area (TPSA) is 46.9 Å². The van der Waals surface area contributed by atoms with Crippen molar-refractivity contribution in [2.45, 2.75) is 44.7 Å². The third-order valence-corrected chi connectivity index (χ3v) is 5.66. The summed E-state index contributed by atoms with van der Waals surface area (Å²) in [5.41, 5.74) is 2.74. The summed E-state index contributed by atoms with van der Waals surface area (Å²) < 4.78 is 2.03. The Balaban J connectivity index is 1.82. The molecule has 1 saturated carbocycles. The molecular formula is C21H21Cl2N3O. The molecule has 0 radical (unpaired) electrons. The lowest BCUT2D eigenvalue weighted by Gasteiger charge is -2.20. The van der Waals surface area contributed by atoms with Gasteiger partial charge in [-0.15, -0.1) is 0 Å². The van der Waals surface area contributed by atoms with Crippen molar-refractivity contribution in [3.05, 3.63) is 63.9 Å². The standard InChI is InChI=1S/C21H21Cl2N3O/c1-2-18(21(27)24-14-8-9-14)26-19-12-16(23)15(22)11-17(19)25-20(26)10-13-6-4-3-5-7-13/h3-7,11-12,14,18H,2,8-10H2,1H3,(H,24,27)/t18-/m1/s1. The molecule has 1 atom stereocenters. The Bertz CT molecular complexity index is 980. The average Bonchev–Trinajstić information content (AvgIpc) is 3.41. The van der Waals surface area contributed by atoms with E-state index in [9.17, 15) is 4.79 Å². The minimum absolute atomic E-state index is 0.0414. The van der Waals surface area contributed by atoms with Crippen LogP contribution in [0.2, 0.25) is 10.0 Å². The zero-order valence-electron chi connectivity index (χ0n) is 15.1. The number of halogens is 2. The molecule has 4 rings (SSSR count). The van der Waals surface area contributed by atoms with E-state index < -0.39 is 0 Å². The van der Waals surface area contributed by atoms with Gasteiger partial charge in [0.05, 0.1) is 21.1 Å². The van der Waals surface area contributed by atoms with E-state index in [1.807, 2.05) is 35.8 Å². The Kier molecular flexibility index (Phi) is 5.11. The van der Waals surface area contributed by atoms with Crippen molar-refractivity contribution in [3.8, 4) is 0 Å². The van der Waals surface area contributed by atoms with Gasteiger partial charge < -0.3 is 9.88 Å². The highest BCUT2D eigenvalue weighted by molar-refractivity contribution is 6.42. The smallest absolute Gasteiger partial charge is 0.243 e. The van der Waals surface area contributed by atoms with Crippen molar-refractivity contribution in [3.63, 3.8) is 0 Å². The van der Waals surface area contributed by atoms with Crippen LogP contribution >= 0.6 is 23.2 Å². The second-order valence-electron chi connectivity index (χ2n) is 7.02. The Hall–Kier alpha value is -2.04. The highest BCUT2D eigenvalue weighted by atomic mass is 35.5. The monoisotopic (exact) mass is 401 g/mol. The van der Waals surface area contributed by atoms with Gasteiger partial charge in [0.15, 0.2) is 0 Å². The summed E-state index contributed by atoms with van der Waals surface area (Å²) in [5, 5.41) is 4.06. The first-order valence-corrected chi connectivity index (χ1v) is 10.0. The molecule has 0 unspecified atom stereocenters. The van der Waals surface area contributed by atoms with Gasteiger partial charge in [-0.3, -0.25) is 4.79 Å². The minimum atomic E-state index is -0.327. The van der Waals surface area contributed by atoms with Crippen molar-refractivity contribution >= 4 is 40.1 Å². The van der Waals surface area contributed by atoms with Crippen LogP contribution in [0, 0.1) is 0 Å². The van der Waals surface area contributed by atoms with Crippen molar-refractivity contribution in [1.29, 1.82) is 0 Å². The second-order valence-corrected chi connectivity index (χ2v) is 7.84. The van der Waals surface area contributed by atoms with Gasteiger partial charge in [-0.05, 0) is 37.0 Å². The molecule has 140 valence electrons. The molecule has 0 spiro atoms. The fraction of sp³-hybridized carbons (Fsp3) is 0.333. The number of amides is 1. The summed E-state index contributed by atoms with van der Waals surface area (Å²) in [5.74, 6) is 0.881. The molecule has 0 aliphatic heterocycles. The maximum absolute atomic E-state index is 12.9. The van der Waals surface area contributed by atoms with Gasteiger partial charge in [0.2, 0.25) is 5.91 Å². The Morgan fingerprint density at radius 1 is 1.22 bits per heavy atom. The van der Waals surface area contributed by atoms with Gasteiger partial charge in [-0.1, -0.05) is 60.5 Å². The zero-order valence-corrected chi connectivity index (χ0v) is 16.6. The molecule has 1 N–H and O–H groups in total. The number of aromatic nitrogens is 2. The summed E-state index contributed by atoms with van der Waals surface area (Å²) in [6, 6.07) is 13.7. The van der Waals surface area contributed by atoms with E-state index in [1.165, 1.54) is 0 Å². The summed E-state index contributed by atoms with van der Waals surface area (Å²) >= 11 is 12.5. The highest BCUT2D eigenvalue weighted by Crippen LogP contribution is 2.32. The lowest BCUT2D eigenvalue weighted by molar-refractivity contribution is -0.124. The number of hydrogen-bond acceptors (Lipinski definition) is 2. The molecule has 1 aromatic heterocycles. The van der Waals surface area contributed by atoms with Crippen molar-refractivity contribution in [2.75, 3.05) is 0 Å². The number of fused-ring (bicyclic) bond motifs is 1. The van der Waals surface area contributed by atoms with Crippen molar-refractivity contribution in [1.82, 2.24) is 14.9 Å². The second kappa shape index (κ2) is 7.53. The first-order chi connectivity index (χ1) is 13.1. The number of nitrogens with zero attached hydrogens (tertiary/aromatic N) is 2. The molecule has 0 saturated heterocycles.